The number of carbonyl (C=O) groups is 1. The molecule has 0 radical (unpaired) electrons. The number of nitrogens with zero attached hydrogens (tertiary/aromatic N) is 2. The third-order valence-corrected chi connectivity index (χ3v) is 0.816. The van der Waals surface area contributed by atoms with Crippen LogP contribution in [0.25, 0.3) is 0 Å². The van der Waals surface area contributed by atoms with Gasteiger partial charge in [-0.3, -0.25) is 0 Å². The minimum atomic E-state index is -0.646. The molecule has 0 aromatic carbocycles. The van der Waals surface area contributed by atoms with Crippen molar-refractivity contribution in [3.05, 3.63) is 18.7 Å². The van der Waals surface area contributed by atoms with E-state index in [0.29, 0.717) is 0 Å². The van der Waals surface area contributed by atoms with E-state index in [-0.39, 0.29) is 0 Å². The number of hydrogen-bond acceptors (Lipinski definition) is 4. The molecule has 0 atom stereocenters. The summed E-state index contributed by atoms with van der Waals surface area (Å²) >= 11 is 0. The fourth-order valence-corrected chi connectivity index (χ4v) is 0.428. The van der Waals surface area contributed by atoms with Crippen LogP contribution in [-0.2, 0) is 4.84 Å². The molecule has 2 N–H and O–H groups in total. The monoisotopic (exact) mass is 127 g/mol. The van der Waals surface area contributed by atoms with Crippen LogP contribution in [0.2, 0.25) is 0 Å². The predicted octanol–water partition coefficient (Wildman–Crippen LogP) is -0.259. The Kier molecular flexibility index (Phi) is 1.46. The number of aromatic nitrogens is 2. The molecule has 1 aromatic rings. The zero-order valence-corrected chi connectivity index (χ0v) is 4.52. The highest BCUT2D eigenvalue weighted by atomic mass is 16.7. The lowest BCUT2D eigenvalue weighted by Crippen LogP contribution is -2.15. The molecule has 9 heavy (non-hydrogen) atoms. The van der Waals surface area contributed by atoms with Gasteiger partial charge in [0.15, 0.2) is 0 Å². The largest absolute Gasteiger partial charge is 0.437 e. The summed E-state index contributed by atoms with van der Waals surface area (Å²) in [5.74, 6) is 4.57. The summed E-state index contributed by atoms with van der Waals surface area (Å²) in [4.78, 5) is 17.9. The van der Waals surface area contributed by atoms with Gasteiger partial charge in [0.05, 0.1) is 0 Å². The van der Waals surface area contributed by atoms with Crippen molar-refractivity contribution in [3.63, 3.8) is 0 Å². The number of nitrogens with two attached hydrogens (primary N) is 1. The van der Waals surface area contributed by atoms with E-state index >= 15 is 0 Å². The lowest BCUT2D eigenvalue weighted by atomic mass is 10.9. The number of hydrogen-bond donors (Lipinski definition) is 1. The smallest absolute Gasteiger partial charge is 0.356 e. The zero-order valence-electron chi connectivity index (χ0n) is 4.52. The van der Waals surface area contributed by atoms with Gasteiger partial charge in [-0.1, -0.05) is 0 Å². The van der Waals surface area contributed by atoms with E-state index in [1.54, 1.807) is 0 Å². The topological polar surface area (TPSA) is 70.1 Å². The van der Waals surface area contributed by atoms with Crippen molar-refractivity contribution in [1.29, 1.82) is 0 Å². The molecule has 0 fully saturated rings. The van der Waals surface area contributed by atoms with Crippen molar-refractivity contribution in [3.8, 4) is 0 Å². The van der Waals surface area contributed by atoms with E-state index in [1.807, 2.05) is 0 Å². The van der Waals surface area contributed by atoms with E-state index in [1.165, 1.54) is 18.7 Å². The Bertz CT molecular complexity index is 194. The summed E-state index contributed by atoms with van der Waals surface area (Å²) in [5.41, 5.74) is 0. The van der Waals surface area contributed by atoms with Crippen LogP contribution in [-0.4, -0.2) is 15.6 Å². The Morgan fingerprint density at radius 3 is 3.00 bits per heavy atom. The van der Waals surface area contributed by atoms with Gasteiger partial charge in [0, 0.05) is 12.4 Å². The Morgan fingerprint density at radius 2 is 2.56 bits per heavy atom. The van der Waals surface area contributed by atoms with Gasteiger partial charge in [0.2, 0.25) is 0 Å². The second-order valence-electron chi connectivity index (χ2n) is 1.35. The standard InChI is InChI=1S/C4H5N3O2/c5-9-4(8)7-2-1-6-3-7/h1-3H,5H2. The Hall–Kier alpha value is -1.36. The Morgan fingerprint density at radius 1 is 1.78 bits per heavy atom. The third kappa shape index (κ3) is 1.06. The SMILES string of the molecule is NOC(=O)n1ccnc1. The summed E-state index contributed by atoms with van der Waals surface area (Å²) in [6.07, 6.45) is 3.55. The van der Waals surface area contributed by atoms with E-state index < -0.39 is 6.09 Å². The molecule has 48 valence electrons. The minimum Gasteiger partial charge on any atom is -0.356 e. The van der Waals surface area contributed by atoms with Crippen LogP contribution in [0, 0.1) is 0 Å². The highest BCUT2D eigenvalue weighted by molar-refractivity contribution is 5.69. The first-order valence-electron chi connectivity index (χ1n) is 2.23. The van der Waals surface area contributed by atoms with Gasteiger partial charge >= 0.3 is 6.09 Å². The van der Waals surface area contributed by atoms with Crippen molar-refractivity contribution in [2.75, 3.05) is 0 Å². The average Bonchev–Trinajstić information content (AvgIpc) is 2.37. The predicted molar refractivity (Wildman–Crippen MR) is 28.3 cm³/mol. The van der Waals surface area contributed by atoms with Crippen LogP contribution in [0.5, 0.6) is 0 Å². The van der Waals surface area contributed by atoms with E-state index in [2.05, 4.69) is 15.7 Å². The molecule has 0 bridgehead atoms. The first-order valence-corrected chi connectivity index (χ1v) is 2.23. The maximum absolute atomic E-state index is 10.5. The van der Waals surface area contributed by atoms with Gasteiger partial charge in [-0.2, -0.15) is 5.90 Å². The summed E-state index contributed by atoms with van der Waals surface area (Å²) in [5, 5.41) is 0. The van der Waals surface area contributed by atoms with Gasteiger partial charge in [0.25, 0.3) is 0 Å². The molecule has 0 unspecified atom stereocenters. The second kappa shape index (κ2) is 2.27. The molecule has 1 aromatic heterocycles. The second-order valence-corrected chi connectivity index (χ2v) is 1.35. The fraction of sp³-hybridized carbons (Fsp3) is 0. The van der Waals surface area contributed by atoms with Gasteiger partial charge in [-0.25, -0.2) is 14.3 Å². The van der Waals surface area contributed by atoms with Crippen molar-refractivity contribution < 1.29 is 9.63 Å². The van der Waals surface area contributed by atoms with Crippen LogP contribution < -0.4 is 5.90 Å². The molecule has 0 spiro atoms. The molecule has 1 heterocycles. The molecule has 5 heteroatoms. The lowest BCUT2D eigenvalue weighted by Gasteiger charge is -1.93. The summed E-state index contributed by atoms with van der Waals surface area (Å²) in [7, 11) is 0. The molecule has 0 saturated carbocycles. The highest BCUT2D eigenvalue weighted by Gasteiger charge is 1.99. The zero-order chi connectivity index (χ0) is 6.69. The lowest BCUT2D eigenvalue weighted by molar-refractivity contribution is 0.149. The number of carbonyl (C=O) groups excluding carboxylic acids is 1. The van der Waals surface area contributed by atoms with Crippen molar-refractivity contribution in [2.45, 2.75) is 0 Å². The van der Waals surface area contributed by atoms with E-state index in [9.17, 15) is 4.79 Å². The third-order valence-electron chi connectivity index (χ3n) is 0.816. The molecule has 5 nitrogen and oxygen atoms in total. The van der Waals surface area contributed by atoms with E-state index in [0.717, 1.165) is 4.57 Å². The summed E-state index contributed by atoms with van der Waals surface area (Å²) in [6, 6.07) is 0. The molecular formula is C4H5N3O2. The molecule has 0 aliphatic carbocycles. The van der Waals surface area contributed by atoms with Crippen LogP contribution in [0.3, 0.4) is 0 Å². The van der Waals surface area contributed by atoms with Crippen LogP contribution in [0.4, 0.5) is 4.79 Å². The first kappa shape index (κ1) is 5.77. The van der Waals surface area contributed by atoms with Crippen LogP contribution in [0.15, 0.2) is 18.7 Å². The Balaban J connectivity index is 2.77. The number of rotatable bonds is 0. The fourth-order valence-electron chi connectivity index (χ4n) is 0.428. The average molecular weight is 127 g/mol. The summed E-state index contributed by atoms with van der Waals surface area (Å²) in [6.45, 7) is 0. The van der Waals surface area contributed by atoms with Crippen molar-refractivity contribution in [1.82, 2.24) is 9.55 Å². The molecule has 0 aliphatic rings. The maximum Gasteiger partial charge on any atom is 0.437 e. The van der Waals surface area contributed by atoms with Gasteiger partial charge in [0.1, 0.15) is 6.33 Å². The highest BCUT2D eigenvalue weighted by Crippen LogP contribution is 1.84. The first-order chi connectivity index (χ1) is 4.34. The molecule has 1 rings (SSSR count). The maximum atomic E-state index is 10.5. The molecular weight excluding hydrogens is 122 g/mol. The van der Waals surface area contributed by atoms with Gasteiger partial charge in [-0.15, -0.1) is 0 Å². The molecule has 0 aliphatic heterocycles. The van der Waals surface area contributed by atoms with Crippen LogP contribution in [0.1, 0.15) is 0 Å². The quantitative estimate of drug-likeness (QED) is 0.487. The van der Waals surface area contributed by atoms with Crippen molar-refractivity contribution in [2.24, 2.45) is 5.90 Å². The Labute approximate surface area is 51.0 Å². The van der Waals surface area contributed by atoms with Gasteiger partial charge < -0.3 is 4.84 Å². The van der Waals surface area contributed by atoms with E-state index in [4.69, 9.17) is 0 Å². The summed E-state index contributed by atoms with van der Waals surface area (Å²) < 4.78 is 1.12. The van der Waals surface area contributed by atoms with Gasteiger partial charge in [-0.05, 0) is 0 Å². The molecule has 0 amide bonds. The van der Waals surface area contributed by atoms with Crippen LogP contribution >= 0.6 is 0 Å². The molecule has 0 saturated heterocycles. The number of imidazole rings is 1. The minimum absolute atomic E-state index is 0.646. The van der Waals surface area contributed by atoms with Crippen molar-refractivity contribution >= 4 is 6.09 Å². The normalized spacial score (nSPS) is 9.00.